The van der Waals surface area contributed by atoms with Crippen LogP contribution in [-0.2, 0) is 14.1 Å². The Labute approximate surface area is 248 Å². The van der Waals surface area contributed by atoms with E-state index in [1.54, 1.807) is 28.7 Å². The zero-order valence-electron chi connectivity index (χ0n) is 22.5. The first-order valence-electron chi connectivity index (χ1n) is 12.9. The van der Waals surface area contributed by atoms with Crippen LogP contribution in [-0.4, -0.2) is 67.8 Å². The van der Waals surface area contributed by atoms with Crippen molar-refractivity contribution < 1.29 is 5.11 Å². The maximum atomic E-state index is 13.7. The molecule has 1 saturated heterocycles. The highest BCUT2D eigenvalue weighted by atomic mass is 127. The maximum Gasteiger partial charge on any atom is 0.259 e. The van der Waals surface area contributed by atoms with Crippen LogP contribution in [0.4, 0.5) is 5.69 Å². The number of fused-ring (bicyclic) bond motifs is 3. The molecule has 0 radical (unpaired) electrons. The van der Waals surface area contributed by atoms with Gasteiger partial charge in [-0.3, -0.25) is 18.9 Å². The molecule has 208 valence electrons. The molecule has 0 spiro atoms. The predicted octanol–water partition coefficient (Wildman–Crippen LogP) is 3.82. The minimum Gasteiger partial charge on any atom is -0.381 e. The fraction of sp³-hybridized carbons (Fsp3) is 0.370. The molecule has 1 aliphatic rings. The minimum absolute atomic E-state index is 0.0631. The van der Waals surface area contributed by atoms with Crippen molar-refractivity contribution in [2.75, 3.05) is 25.0 Å². The standard InChI is InChI=1S/C27H29ClIN9O2/c1-14-7-17(15(2)32-20-5-6-21(28)33-24(20)25-30-13-35(3)34-25)23-18(8-14)27(40)36(4)26-19(23)9-31-38(26)16-10-37(11-16)12-22(29)39/h5-9,13,15-16,22,32,39H,10-12H2,1-4H3/t15?,22-/m0/s1. The molecule has 0 saturated carbocycles. The molecule has 13 heteroatoms. The predicted molar refractivity (Wildman–Crippen MR) is 164 cm³/mol. The highest BCUT2D eigenvalue weighted by molar-refractivity contribution is 14.1. The summed E-state index contributed by atoms with van der Waals surface area (Å²) in [7, 11) is 3.61. The normalized spacial score (nSPS) is 16.0. The fourth-order valence-corrected chi connectivity index (χ4v) is 6.28. The SMILES string of the molecule is Cc1cc(C(C)Nc2ccc(Cl)nc2-c2ncn(C)n2)c2c(c1)c(=O)n(C)c1c2cnn1C1CN(C[C@H](O)I)C1. The lowest BCUT2D eigenvalue weighted by Crippen LogP contribution is -2.50. The minimum atomic E-state index is -0.411. The van der Waals surface area contributed by atoms with E-state index in [1.165, 1.54) is 0 Å². The van der Waals surface area contributed by atoms with Crippen LogP contribution in [0.3, 0.4) is 0 Å². The number of aliphatic hydroxyl groups is 1. The Kier molecular flexibility index (Phi) is 7.05. The second-order valence-electron chi connectivity index (χ2n) is 10.4. The average molecular weight is 674 g/mol. The van der Waals surface area contributed by atoms with Gasteiger partial charge in [-0.15, -0.1) is 5.10 Å². The summed E-state index contributed by atoms with van der Waals surface area (Å²) in [5.41, 5.74) is 3.99. The summed E-state index contributed by atoms with van der Waals surface area (Å²) < 4.78 is 4.87. The zero-order chi connectivity index (χ0) is 28.3. The van der Waals surface area contributed by atoms with Gasteiger partial charge in [0.25, 0.3) is 5.56 Å². The Morgan fingerprint density at radius 2 is 2.00 bits per heavy atom. The lowest BCUT2D eigenvalue weighted by molar-refractivity contribution is 0.0743. The van der Waals surface area contributed by atoms with E-state index in [1.807, 2.05) is 59.6 Å². The second kappa shape index (κ2) is 10.4. The van der Waals surface area contributed by atoms with Gasteiger partial charge >= 0.3 is 0 Å². The number of alkyl halides is 1. The molecule has 5 aromatic rings. The van der Waals surface area contributed by atoms with Gasteiger partial charge in [-0.25, -0.2) is 14.6 Å². The van der Waals surface area contributed by atoms with Crippen molar-refractivity contribution in [3.8, 4) is 11.5 Å². The van der Waals surface area contributed by atoms with Crippen molar-refractivity contribution in [2.45, 2.75) is 30.0 Å². The number of nitrogens with one attached hydrogen (secondary N) is 1. The third-order valence-corrected chi connectivity index (χ3v) is 8.01. The van der Waals surface area contributed by atoms with Crippen LogP contribution in [0.25, 0.3) is 33.3 Å². The summed E-state index contributed by atoms with van der Waals surface area (Å²) in [6, 6.07) is 7.60. The Balaban J connectivity index is 1.45. The van der Waals surface area contributed by atoms with Crippen LogP contribution < -0.4 is 10.9 Å². The molecule has 1 aliphatic heterocycles. The third kappa shape index (κ3) is 4.76. The van der Waals surface area contributed by atoms with E-state index < -0.39 is 4.11 Å². The average Bonchev–Trinajstić information content (AvgIpc) is 3.51. The van der Waals surface area contributed by atoms with E-state index >= 15 is 0 Å². The number of nitrogens with zero attached hydrogens (tertiary/aromatic N) is 8. The van der Waals surface area contributed by atoms with Gasteiger partial charge in [-0.05, 0) is 43.2 Å². The number of β-amino-alcohol motifs (C(OH)–C–C–N with tert-alkyl or cyclic N) is 1. The van der Waals surface area contributed by atoms with Gasteiger partial charge in [0.05, 0.1) is 17.9 Å². The Morgan fingerprint density at radius 1 is 1.23 bits per heavy atom. The molecule has 11 nitrogen and oxygen atoms in total. The number of pyridine rings is 2. The molecule has 6 rings (SSSR count). The smallest absolute Gasteiger partial charge is 0.259 e. The van der Waals surface area contributed by atoms with E-state index in [2.05, 4.69) is 38.3 Å². The molecule has 40 heavy (non-hydrogen) atoms. The number of aromatic nitrogens is 7. The van der Waals surface area contributed by atoms with Crippen molar-refractivity contribution in [3.05, 3.63) is 63.4 Å². The summed E-state index contributed by atoms with van der Waals surface area (Å²) in [5.74, 6) is 0.468. The van der Waals surface area contributed by atoms with E-state index in [0.717, 1.165) is 46.3 Å². The molecule has 5 heterocycles. The van der Waals surface area contributed by atoms with Crippen LogP contribution in [0.1, 0.15) is 30.1 Å². The van der Waals surface area contributed by atoms with E-state index in [4.69, 9.17) is 16.7 Å². The first-order valence-corrected chi connectivity index (χ1v) is 14.6. The molecule has 1 fully saturated rings. The molecule has 4 aromatic heterocycles. The second-order valence-corrected chi connectivity index (χ2v) is 12.2. The summed E-state index contributed by atoms with van der Waals surface area (Å²) in [4.78, 5) is 24.8. The highest BCUT2D eigenvalue weighted by Gasteiger charge is 2.32. The lowest BCUT2D eigenvalue weighted by atomic mass is 9.95. The highest BCUT2D eigenvalue weighted by Crippen LogP contribution is 2.35. The van der Waals surface area contributed by atoms with Crippen molar-refractivity contribution in [1.82, 2.24) is 39.0 Å². The lowest BCUT2D eigenvalue weighted by Gasteiger charge is -2.39. The van der Waals surface area contributed by atoms with Crippen molar-refractivity contribution >= 4 is 61.7 Å². The number of aliphatic hydroxyl groups excluding tert-OH is 1. The molecule has 2 N–H and O–H groups in total. The van der Waals surface area contributed by atoms with Crippen LogP contribution >= 0.6 is 34.2 Å². The quantitative estimate of drug-likeness (QED) is 0.152. The first-order chi connectivity index (χ1) is 19.1. The molecule has 1 aromatic carbocycles. The van der Waals surface area contributed by atoms with E-state index in [0.29, 0.717) is 28.6 Å². The summed E-state index contributed by atoms with van der Waals surface area (Å²) in [6.45, 7) is 6.22. The molecular formula is C27H29ClIN9O2. The Bertz CT molecular complexity index is 1810. The number of anilines is 1. The summed E-state index contributed by atoms with van der Waals surface area (Å²) in [5, 5.41) is 25.3. The van der Waals surface area contributed by atoms with Crippen molar-refractivity contribution in [3.63, 3.8) is 0 Å². The van der Waals surface area contributed by atoms with Crippen LogP contribution in [0.15, 0.2) is 41.6 Å². The summed E-state index contributed by atoms with van der Waals surface area (Å²) >= 11 is 8.26. The largest absolute Gasteiger partial charge is 0.381 e. The molecule has 0 amide bonds. The Morgan fingerprint density at radius 3 is 2.70 bits per heavy atom. The van der Waals surface area contributed by atoms with E-state index in [-0.39, 0.29) is 17.6 Å². The number of hydrogen-bond acceptors (Lipinski definition) is 8. The number of benzene rings is 1. The molecule has 2 atom stereocenters. The van der Waals surface area contributed by atoms with Gasteiger partial charge in [-0.1, -0.05) is 40.3 Å². The van der Waals surface area contributed by atoms with Crippen LogP contribution in [0.2, 0.25) is 5.15 Å². The van der Waals surface area contributed by atoms with Gasteiger partial charge in [-0.2, -0.15) is 5.10 Å². The van der Waals surface area contributed by atoms with Crippen LogP contribution in [0, 0.1) is 6.92 Å². The topological polar surface area (TPSA) is 119 Å². The van der Waals surface area contributed by atoms with Crippen molar-refractivity contribution in [1.29, 1.82) is 0 Å². The summed E-state index contributed by atoms with van der Waals surface area (Å²) in [6.07, 6.45) is 3.49. The number of likely N-dealkylation sites (tertiary alicyclic amines) is 1. The third-order valence-electron chi connectivity index (χ3n) is 7.41. The number of rotatable bonds is 7. The fourth-order valence-electron chi connectivity index (χ4n) is 5.58. The van der Waals surface area contributed by atoms with Gasteiger partial charge in [0.2, 0.25) is 5.82 Å². The first kappa shape index (κ1) is 27.1. The van der Waals surface area contributed by atoms with Gasteiger partial charge < -0.3 is 10.4 Å². The van der Waals surface area contributed by atoms with Gasteiger partial charge in [0.15, 0.2) is 0 Å². The Hall–Kier alpha value is -3.07. The number of halogens is 2. The van der Waals surface area contributed by atoms with Crippen molar-refractivity contribution in [2.24, 2.45) is 14.1 Å². The van der Waals surface area contributed by atoms with Gasteiger partial charge in [0.1, 0.15) is 26.9 Å². The number of aryl methyl sites for hydroxylation is 3. The van der Waals surface area contributed by atoms with E-state index in [9.17, 15) is 9.90 Å². The zero-order valence-corrected chi connectivity index (χ0v) is 25.4. The monoisotopic (exact) mass is 673 g/mol. The number of hydrogen-bond donors (Lipinski definition) is 2. The maximum absolute atomic E-state index is 13.7. The molecule has 1 unspecified atom stereocenters. The molecule has 0 bridgehead atoms. The molecule has 0 aliphatic carbocycles. The van der Waals surface area contributed by atoms with Crippen LogP contribution in [0.5, 0.6) is 0 Å². The molecular weight excluding hydrogens is 645 g/mol. The van der Waals surface area contributed by atoms with Gasteiger partial charge in [0, 0.05) is 55.9 Å².